The lowest BCUT2D eigenvalue weighted by Crippen LogP contribution is -2.27. The topological polar surface area (TPSA) is 134 Å². The highest BCUT2D eigenvalue weighted by atomic mass is 16.5. The van der Waals surface area contributed by atoms with Gasteiger partial charge in [-0.15, -0.1) is 0 Å². The average molecular weight is 635 g/mol. The number of aromatic nitrogens is 8. The predicted molar refractivity (Wildman–Crippen MR) is 177 cm³/mol. The van der Waals surface area contributed by atoms with E-state index in [4.69, 9.17) is 4.74 Å². The summed E-state index contributed by atoms with van der Waals surface area (Å²) in [5.41, 5.74) is 8.00. The fourth-order valence-electron chi connectivity index (χ4n) is 5.97. The smallest absolute Gasteiger partial charge is 0.298 e. The molecule has 0 aliphatic heterocycles. The van der Waals surface area contributed by atoms with Gasteiger partial charge in [-0.1, -0.05) is 36.4 Å². The number of carbonyl (C=O) groups is 2. The first-order valence-corrected chi connectivity index (χ1v) is 15.4. The van der Waals surface area contributed by atoms with Crippen molar-refractivity contribution in [3.8, 4) is 0 Å². The highest BCUT2D eigenvalue weighted by Gasteiger charge is 2.17. The summed E-state index contributed by atoms with van der Waals surface area (Å²) in [6, 6.07) is 17.4. The first kappa shape index (κ1) is 31.4. The van der Waals surface area contributed by atoms with E-state index in [9.17, 15) is 9.59 Å². The van der Waals surface area contributed by atoms with Gasteiger partial charge < -0.3 is 23.0 Å². The van der Waals surface area contributed by atoms with Crippen LogP contribution in [0.5, 0.6) is 0 Å². The summed E-state index contributed by atoms with van der Waals surface area (Å²) >= 11 is 0. The number of amides is 2. The number of hydrogen-bond donors (Lipinski definition) is 1. The molecule has 0 saturated heterocycles. The van der Waals surface area contributed by atoms with Gasteiger partial charge in [-0.05, 0) is 51.1 Å². The molecule has 6 rings (SSSR count). The highest BCUT2D eigenvalue weighted by Crippen LogP contribution is 2.19. The third-order valence-corrected chi connectivity index (χ3v) is 8.15. The molecule has 242 valence electrons. The number of nitrogens with one attached hydrogen (secondary N) is 1. The second kappa shape index (κ2) is 13.0. The highest BCUT2D eigenvalue weighted by molar-refractivity contribution is 5.94. The van der Waals surface area contributed by atoms with E-state index in [1.165, 1.54) is 0 Å². The van der Waals surface area contributed by atoms with Crippen molar-refractivity contribution in [3.63, 3.8) is 0 Å². The first-order chi connectivity index (χ1) is 22.7. The summed E-state index contributed by atoms with van der Waals surface area (Å²) in [7, 11) is 5.47. The summed E-state index contributed by atoms with van der Waals surface area (Å²) in [4.78, 5) is 35.7. The van der Waals surface area contributed by atoms with E-state index in [2.05, 4.69) is 25.3 Å². The Labute approximate surface area is 270 Å². The number of allylic oxidation sites excluding steroid dienone is 2. The Balaban J connectivity index is 1.41. The molecule has 0 aliphatic rings. The Bertz CT molecular complexity index is 2300. The second-order valence-electron chi connectivity index (χ2n) is 11.4. The molecule has 6 aromatic rings. The van der Waals surface area contributed by atoms with E-state index < -0.39 is 5.91 Å². The molecule has 0 fully saturated rings. The molecular weight excluding hydrogens is 596 g/mol. The molecule has 2 amide bonds. The van der Waals surface area contributed by atoms with Crippen molar-refractivity contribution < 1.29 is 14.3 Å². The SMILES string of the molecule is CCn1nc(C)cc1C(=O)/N=c1\n(C)c2cccc(COC)c2n1C/C=C/Cn1/c(=N/C(=O)c2cc(C)n[nH]2)n(C)c2ccccc21. The number of imidazole rings is 2. The molecule has 13 heteroatoms. The van der Waals surface area contributed by atoms with Gasteiger partial charge in [0.2, 0.25) is 11.2 Å². The summed E-state index contributed by atoms with van der Waals surface area (Å²) in [6.45, 7) is 7.48. The Hall–Kier alpha value is -5.56. The van der Waals surface area contributed by atoms with Gasteiger partial charge in [-0.2, -0.15) is 20.2 Å². The summed E-state index contributed by atoms with van der Waals surface area (Å²) in [5, 5.41) is 11.3. The van der Waals surface area contributed by atoms with Crippen molar-refractivity contribution in [1.82, 2.24) is 38.2 Å². The Kier molecular flexibility index (Phi) is 8.72. The number of nitrogens with zero attached hydrogens (tertiary/aromatic N) is 9. The lowest BCUT2D eigenvalue weighted by Gasteiger charge is -2.07. The van der Waals surface area contributed by atoms with Crippen LogP contribution in [0.2, 0.25) is 0 Å². The van der Waals surface area contributed by atoms with E-state index in [0.717, 1.165) is 39.0 Å². The maximum Gasteiger partial charge on any atom is 0.298 e. The van der Waals surface area contributed by atoms with E-state index in [0.29, 0.717) is 48.9 Å². The summed E-state index contributed by atoms with van der Waals surface area (Å²) in [6.07, 6.45) is 4.06. The van der Waals surface area contributed by atoms with Crippen LogP contribution >= 0.6 is 0 Å². The van der Waals surface area contributed by atoms with Crippen LogP contribution in [0.1, 0.15) is 44.9 Å². The number of fused-ring (bicyclic) bond motifs is 2. The zero-order valence-corrected chi connectivity index (χ0v) is 27.4. The van der Waals surface area contributed by atoms with Crippen LogP contribution in [0.25, 0.3) is 22.1 Å². The van der Waals surface area contributed by atoms with Crippen LogP contribution in [-0.4, -0.2) is 57.2 Å². The van der Waals surface area contributed by atoms with Crippen LogP contribution in [-0.2, 0) is 45.1 Å². The van der Waals surface area contributed by atoms with E-state index in [-0.39, 0.29) is 5.91 Å². The molecule has 0 unspecified atom stereocenters. The lowest BCUT2D eigenvalue weighted by molar-refractivity contribution is 0.0980. The number of aryl methyl sites for hydroxylation is 5. The van der Waals surface area contributed by atoms with Gasteiger partial charge in [-0.25, -0.2) is 0 Å². The van der Waals surface area contributed by atoms with Crippen molar-refractivity contribution in [2.45, 2.75) is 47.0 Å². The van der Waals surface area contributed by atoms with Gasteiger partial charge in [0.05, 0.1) is 40.1 Å². The fourth-order valence-corrected chi connectivity index (χ4v) is 5.97. The molecule has 0 bridgehead atoms. The van der Waals surface area contributed by atoms with Crippen molar-refractivity contribution in [1.29, 1.82) is 0 Å². The number of rotatable bonds is 9. The largest absolute Gasteiger partial charge is 0.380 e. The van der Waals surface area contributed by atoms with Crippen LogP contribution in [0.3, 0.4) is 0 Å². The second-order valence-corrected chi connectivity index (χ2v) is 11.4. The van der Waals surface area contributed by atoms with E-state index in [1.54, 1.807) is 23.9 Å². The molecule has 0 atom stereocenters. The molecule has 4 aromatic heterocycles. The minimum atomic E-state index is -0.401. The number of ether oxygens (including phenoxy) is 1. The van der Waals surface area contributed by atoms with Crippen molar-refractivity contribution >= 4 is 33.9 Å². The Morgan fingerprint density at radius 3 is 2.21 bits per heavy atom. The third-order valence-electron chi connectivity index (χ3n) is 8.15. The molecule has 0 aliphatic carbocycles. The standard InChI is InChI=1S/C34H38N10O3/c1-7-44-29(20-23(3)39-44)32(46)36-34-41(5)28-16-12-13-24(21-47-6)30(28)43(34)18-11-10-17-42-27-15-9-8-14-26(27)40(4)33(42)35-31(45)25-19-22(2)37-38-25/h8-16,19-20H,7,17-18,21H2,1-6H3,(H,37,38)/b11-10+,35-33+,36-34+. The minimum Gasteiger partial charge on any atom is -0.380 e. The Morgan fingerprint density at radius 2 is 1.51 bits per heavy atom. The number of aromatic amines is 1. The maximum atomic E-state index is 13.5. The van der Waals surface area contributed by atoms with Gasteiger partial charge in [-0.3, -0.25) is 19.4 Å². The molecule has 0 saturated carbocycles. The average Bonchev–Trinajstić information content (AvgIpc) is 3.81. The molecule has 47 heavy (non-hydrogen) atoms. The summed E-state index contributed by atoms with van der Waals surface area (Å²) < 4.78 is 15.1. The predicted octanol–water partition coefficient (Wildman–Crippen LogP) is 3.71. The monoisotopic (exact) mass is 634 g/mol. The number of methoxy groups -OCH3 is 1. The third kappa shape index (κ3) is 5.92. The van der Waals surface area contributed by atoms with Crippen LogP contribution in [0.15, 0.2) is 76.7 Å². The van der Waals surface area contributed by atoms with Gasteiger partial charge in [0.15, 0.2) is 0 Å². The number of carbonyl (C=O) groups excluding carboxylic acids is 2. The Morgan fingerprint density at radius 1 is 0.851 bits per heavy atom. The van der Waals surface area contributed by atoms with Crippen molar-refractivity contribution in [3.05, 3.63) is 106 Å². The molecule has 4 heterocycles. The maximum absolute atomic E-state index is 13.5. The minimum absolute atomic E-state index is 0.331. The number of H-pyrrole nitrogens is 1. The number of hydrogen-bond acceptors (Lipinski definition) is 5. The van der Waals surface area contributed by atoms with Gasteiger partial charge in [0, 0.05) is 46.4 Å². The van der Waals surface area contributed by atoms with E-state index in [1.807, 2.05) is 108 Å². The molecule has 2 aromatic carbocycles. The normalized spacial score (nSPS) is 12.8. The first-order valence-electron chi connectivity index (χ1n) is 15.4. The molecule has 1 N–H and O–H groups in total. The quantitative estimate of drug-likeness (QED) is 0.242. The van der Waals surface area contributed by atoms with Crippen LogP contribution in [0.4, 0.5) is 0 Å². The fraction of sp³-hybridized carbons (Fsp3) is 0.294. The van der Waals surface area contributed by atoms with Crippen molar-refractivity contribution in [2.75, 3.05) is 7.11 Å². The number of para-hydroxylation sites is 3. The molecule has 0 radical (unpaired) electrons. The van der Waals surface area contributed by atoms with Crippen LogP contribution < -0.4 is 11.2 Å². The summed E-state index contributed by atoms with van der Waals surface area (Å²) in [5.74, 6) is -0.763. The zero-order valence-electron chi connectivity index (χ0n) is 27.4. The lowest BCUT2D eigenvalue weighted by atomic mass is 10.2. The van der Waals surface area contributed by atoms with Gasteiger partial charge in [0.1, 0.15) is 11.4 Å². The van der Waals surface area contributed by atoms with Gasteiger partial charge in [0.25, 0.3) is 11.8 Å². The number of benzene rings is 2. The molecule has 13 nitrogen and oxygen atoms in total. The molecular formula is C34H38N10O3. The van der Waals surface area contributed by atoms with Crippen molar-refractivity contribution in [2.24, 2.45) is 24.1 Å². The van der Waals surface area contributed by atoms with Gasteiger partial charge >= 0.3 is 0 Å². The van der Waals surface area contributed by atoms with Crippen LogP contribution in [0, 0.1) is 13.8 Å². The molecule has 0 spiro atoms. The zero-order chi connectivity index (χ0) is 33.2. The van der Waals surface area contributed by atoms with E-state index >= 15 is 0 Å².